The van der Waals surface area contributed by atoms with Crippen molar-refractivity contribution in [1.29, 1.82) is 0 Å². The maximum Gasteiger partial charge on any atom is 0.339 e. The smallest absolute Gasteiger partial charge is 0.339 e. The first-order valence-corrected chi connectivity index (χ1v) is 5.78. The van der Waals surface area contributed by atoms with Crippen LogP contribution in [0.2, 0.25) is 0 Å². The molecule has 88 valence electrons. The number of carbonyl (C=O) groups is 1. The van der Waals surface area contributed by atoms with Crippen molar-refractivity contribution >= 4 is 21.9 Å². The molecule has 1 aromatic carbocycles. The lowest BCUT2D eigenvalue weighted by Gasteiger charge is -2.16. The number of phenols is 1. The molecule has 5 heteroatoms. The number of carboxylic acids is 1. The molecule has 0 saturated heterocycles. The zero-order chi connectivity index (χ0) is 12.3. The van der Waals surface area contributed by atoms with Crippen LogP contribution in [0.4, 0.5) is 0 Å². The number of hydrogen-bond acceptors (Lipinski definition) is 3. The third-order valence-corrected chi connectivity index (χ3v) is 3.06. The summed E-state index contributed by atoms with van der Waals surface area (Å²) in [5.41, 5.74) is 6.23. The van der Waals surface area contributed by atoms with Crippen LogP contribution in [0, 0.1) is 0 Å². The lowest BCUT2D eigenvalue weighted by molar-refractivity contribution is 0.0693. The Hall–Kier alpha value is -1.07. The van der Waals surface area contributed by atoms with E-state index in [1.165, 1.54) is 6.07 Å². The van der Waals surface area contributed by atoms with Crippen molar-refractivity contribution in [2.75, 3.05) is 0 Å². The summed E-state index contributed by atoms with van der Waals surface area (Å²) in [6.45, 7) is 1.98. The molecule has 0 amide bonds. The van der Waals surface area contributed by atoms with Crippen LogP contribution in [0.25, 0.3) is 0 Å². The van der Waals surface area contributed by atoms with Crippen molar-refractivity contribution in [2.24, 2.45) is 5.73 Å². The van der Waals surface area contributed by atoms with Gasteiger partial charge in [-0.2, -0.15) is 0 Å². The summed E-state index contributed by atoms with van der Waals surface area (Å²) < 4.78 is 0.635. The molecule has 0 unspecified atom stereocenters. The van der Waals surface area contributed by atoms with E-state index in [0.717, 1.165) is 6.42 Å². The first kappa shape index (κ1) is 13.0. The molecular formula is C11H14BrNO3. The molecule has 0 heterocycles. The summed E-state index contributed by atoms with van der Waals surface area (Å²) in [5.74, 6) is -1.40. The van der Waals surface area contributed by atoms with Crippen molar-refractivity contribution in [3.05, 3.63) is 27.7 Å². The van der Waals surface area contributed by atoms with Crippen LogP contribution < -0.4 is 5.73 Å². The van der Waals surface area contributed by atoms with Crippen molar-refractivity contribution in [3.63, 3.8) is 0 Å². The number of carboxylic acid groups (broad SMARTS) is 1. The number of aromatic hydroxyl groups is 1. The topological polar surface area (TPSA) is 83.6 Å². The van der Waals surface area contributed by atoms with Crippen LogP contribution in [0.5, 0.6) is 5.75 Å². The van der Waals surface area contributed by atoms with Crippen LogP contribution in [0.1, 0.15) is 41.7 Å². The van der Waals surface area contributed by atoms with E-state index in [0.29, 0.717) is 16.5 Å². The van der Waals surface area contributed by atoms with Crippen LogP contribution in [0.3, 0.4) is 0 Å². The van der Waals surface area contributed by atoms with E-state index in [1.807, 2.05) is 6.92 Å². The second kappa shape index (κ2) is 5.32. The van der Waals surface area contributed by atoms with Crippen molar-refractivity contribution in [3.8, 4) is 5.75 Å². The van der Waals surface area contributed by atoms with Gasteiger partial charge in [-0.05, 0) is 18.6 Å². The summed E-state index contributed by atoms with van der Waals surface area (Å²) in [7, 11) is 0. The Labute approximate surface area is 102 Å². The highest BCUT2D eigenvalue weighted by Gasteiger charge is 2.20. The molecule has 0 aliphatic rings. The molecule has 0 aliphatic heterocycles. The van der Waals surface area contributed by atoms with E-state index < -0.39 is 5.97 Å². The van der Waals surface area contributed by atoms with E-state index in [4.69, 9.17) is 10.8 Å². The Balaban J connectivity index is 3.26. The molecule has 0 aromatic heterocycles. The summed E-state index contributed by atoms with van der Waals surface area (Å²) in [6, 6.07) is 2.58. The number of nitrogens with two attached hydrogens (primary N) is 1. The molecule has 0 spiro atoms. The second-order valence-electron chi connectivity index (χ2n) is 3.56. The zero-order valence-electron chi connectivity index (χ0n) is 8.90. The minimum atomic E-state index is -1.16. The van der Waals surface area contributed by atoms with Crippen molar-refractivity contribution in [2.45, 2.75) is 25.8 Å². The fourth-order valence-corrected chi connectivity index (χ4v) is 2.18. The molecule has 0 radical (unpaired) electrons. The lowest BCUT2D eigenvalue weighted by Crippen LogP contribution is -2.12. The minimum Gasteiger partial charge on any atom is -0.507 e. The monoisotopic (exact) mass is 287 g/mol. The van der Waals surface area contributed by atoms with Gasteiger partial charge < -0.3 is 15.9 Å². The van der Waals surface area contributed by atoms with Gasteiger partial charge >= 0.3 is 5.97 Å². The average Bonchev–Trinajstić information content (AvgIpc) is 2.17. The van der Waals surface area contributed by atoms with Gasteiger partial charge in [-0.3, -0.25) is 0 Å². The average molecular weight is 288 g/mol. The van der Waals surface area contributed by atoms with Gasteiger partial charge in [-0.1, -0.05) is 29.3 Å². The van der Waals surface area contributed by atoms with Crippen molar-refractivity contribution < 1.29 is 15.0 Å². The molecule has 0 aliphatic carbocycles. The molecular weight excluding hydrogens is 274 g/mol. The SMILES string of the molecule is CCC[C@@H](N)c1c(Br)ccc(C(=O)O)c1O. The fourth-order valence-electron chi connectivity index (χ4n) is 1.56. The maximum atomic E-state index is 10.8. The highest BCUT2D eigenvalue weighted by Crippen LogP contribution is 2.35. The highest BCUT2D eigenvalue weighted by molar-refractivity contribution is 9.10. The molecule has 0 fully saturated rings. The predicted octanol–water partition coefficient (Wildman–Crippen LogP) is 2.65. The maximum absolute atomic E-state index is 10.8. The molecule has 4 N–H and O–H groups in total. The van der Waals surface area contributed by atoms with E-state index in [1.54, 1.807) is 6.07 Å². The summed E-state index contributed by atoms with van der Waals surface area (Å²) in [6.07, 6.45) is 1.56. The number of halogens is 1. The summed E-state index contributed by atoms with van der Waals surface area (Å²) >= 11 is 3.27. The van der Waals surface area contributed by atoms with Gasteiger partial charge in [0.05, 0.1) is 0 Å². The van der Waals surface area contributed by atoms with E-state index in [2.05, 4.69) is 15.9 Å². The number of rotatable bonds is 4. The molecule has 1 aromatic rings. The minimum absolute atomic E-state index is 0.121. The van der Waals surface area contributed by atoms with Gasteiger partial charge in [0.25, 0.3) is 0 Å². The normalized spacial score (nSPS) is 12.4. The Morgan fingerprint density at radius 1 is 1.56 bits per heavy atom. The first-order valence-electron chi connectivity index (χ1n) is 4.99. The van der Waals surface area contributed by atoms with Crippen molar-refractivity contribution in [1.82, 2.24) is 0 Å². The molecule has 1 rings (SSSR count). The predicted molar refractivity (Wildman–Crippen MR) is 64.6 cm³/mol. The van der Waals surface area contributed by atoms with Crippen LogP contribution in [-0.2, 0) is 0 Å². The molecule has 0 bridgehead atoms. The standard InChI is InChI=1S/C11H14BrNO3/c1-2-3-8(13)9-7(12)5-4-6(10(9)14)11(15)16/h4-5,8,14H,2-3,13H2,1H3,(H,15,16)/t8-/m1/s1. The van der Waals surface area contributed by atoms with Gasteiger partial charge in [0, 0.05) is 16.1 Å². The number of aromatic carboxylic acids is 1. The second-order valence-corrected chi connectivity index (χ2v) is 4.41. The summed E-state index contributed by atoms with van der Waals surface area (Å²) in [5, 5.41) is 18.7. The van der Waals surface area contributed by atoms with Gasteiger partial charge in [-0.25, -0.2) is 4.79 Å². The third-order valence-electron chi connectivity index (χ3n) is 2.36. The zero-order valence-corrected chi connectivity index (χ0v) is 10.5. The molecule has 0 saturated carbocycles. The van der Waals surface area contributed by atoms with Gasteiger partial charge in [0.15, 0.2) is 0 Å². The number of hydrogen-bond donors (Lipinski definition) is 3. The Morgan fingerprint density at radius 3 is 2.69 bits per heavy atom. The summed E-state index contributed by atoms with van der Waals surface area (Å²) in [4.78, 5) is 10.8. The fraction of sp³-hybridized carbons (Fsp3) is 0.364. The largest absolute Gasteiger partial charge is 0.507 e. The van der Waals surface area contributed by atoms with Crippen LogP contribution in [-0.4, -0.2) is 16.2 Å². The lowest BCUT2D eigenvalue weighted by atomic mass is 9.99. The number of benzene rings is 1. The quantitative estimate of drug-likeness (QED) is 0.795. The third kappa shape index (κ3) is 2.54. The van der Waals surface area contributed by atoms with E-state index in [9.17, 15) is 9.90 Å². The molecule has 16 heavy (non-hydrogen) atoms. The molecule has 1 atom stereocenters. The van der Waals surface area contributed by atoms with Crippen LogP contribution >= 0.6 is 15.9 Å². The van der Waals surface area contributed by atoms with E-state index >= 15 is 0 Å². The molecule has 4 nitrogen and oxygen atoms in total. The van der Waals surface area contributed by atoms with Gasteiger partial charge in [-0.15, -0.1) is 0 Å². The first-order chi connectivity index (χ1) is 7.49. The van der Waals surface area contributed by atoms with Crippen LogP contribution in [0.15, 0.2) is 16.6 Å². The Morgan fingerprint density at radius 2 is 2.19 bits per heavy atom. The van der Waals surface area contributed by atoms with Gasteiger partial charge in [0.2, 0.25) is 0 Å². The Kier molecular flexibility index (Phi) is 4.32. The Bertz CT molecular complexity index is 406. The van der Waals surface area contributed by atoms with Gasteiger partial charge in [0.1, 0.15) is 11.3 Å². The van der Waals surface area contributed by atoms with E-state index in [-0.39, 0.29) is 17.4 Å². The highest BCUT2D eigenvalue weighted by atomic mass is 79.9.